The number of nitrogens with zero attached hydrogens (tertiary/aromatic N) is 2. The first kappa shape index (κ1) is 14.4. The van der Waals surface area contributed by atoms with Gasteiger partial charge in [-0.1, -0.05) is 48.5 Å². The van der Waals surface area contributed by atoms with Gasteiger partial charge in [0.25, 0.3) is 0 Å². The first-order valence-corrected chi connectivity index (χ1v) is 9.70. The summed E-state index contributed by atoms with van der Waals surface area (Å²) in [5.41, 5.74) is 7.79. The van der Waals surface area contributed by atoms with Gasteiger partial charge in [-0.25, -0.2) is 0 Å². The molecular weight excluding hydrogens is 340 g/mol. The second-order valence-corrected chi connectivity index (χ2v) is 7.68. The lowest BCUT2D eigenvalue weighted by molar-refractivity contribution is 1.11. The first-order chi connectivity index (χ1) is 13.9. The zero-order valence-electron chi connectivity index (χ0n) is 15.2. The molecule has 3 aromatic carbocycles. The molecular formula is C26H16N2. The van der Waals surface area contributed by atoms with Crippen LogP contribution in [-0.2, 0) is 6.42 Å². The smallest absolute Gasteiger partial charge is 0.0665 e. The molecule has 0 fully saturated rings. The number of aromatic nitrogens is 2. The molecule has 0 radical (unpaired) electrons. The summed E-state index contributed by atoms with van der Waals surface area (Å²) in [5, 5.41) is 6.63. The van der Waals surface area contributed by atoms with E-state index >= 15 is 0 Å². The minimum absolute atomic E-state index is 0.923. The van der Waals surface area contributed by atoms with Crippen molar-refractivity contribution >= 4 is 49.6 Å². The van der Waals surface area contributed by atoms with E-state index in [1.54, 1.807) is 0 Å². The molecule has 2 heteroatoms. The van der Waals surface area contributed by atoms with E-state index in [-0.39, 0.29) is 0 Å². The Labute approximate surface area is 161 Å². The lowest BCUT2D eigenvalue weighted by Crippen LogP contribution is -1.93. The summed E-state index contributed by atoms with van der Waals surface area (Å²) in [4.78, 5) is 4.58. The number of fused-ring (bicyclic) bond motifs is 7. The van der Waals surface area contributed by atoms with E-state index in [0.29, 0.717) is 0 Å². The predicted octanol–water partition coefficient (Wildman–Crippen LogP) is 6.33. The van der Waals surface area contributed by atoms with E-state index in [1.807, 2.05) is 12.3 Å². The van der Waals surface area contributed by atoms with Gasteiger partial charge in [0.1, 0.15) is 0 Å². The highest BCUT2D eigenvalue weighted by Gasteiger charge is 2.25. The van der Waals surface area contributed by atoms with Crippen LogP contribution < -0.4 is 0 Å². The Morgan fingerprint density at radius 3 is 2.43 bits per heavy atom. The van der Waals surface area contributed by atoms with Crippen molar-refractivity contribution in [3.05, 3.63) is 95.9 Å². The van der Waals surface area contributed by atoms with Crippen LogP contribution in [-0.4, -0.2) is 9.38 Å². The number of benzene rings is 3. The van der Waals surface area contributed by atoms with E-state index in [2.05, 4.69) is 82.2 Å². The molecule has 0 atom stereocenters. The molecule has 7 rings (SSSR count). The van der Waals surface area contributed by atoms with Gasteiger partial charge < -0.3 is 4.40 Å². The largest absolute Gasteiger partial charge is 0.311 e. The summed E-state index contributed by atoms with van der Waals surface area (Å²) >= 11 is 0. The molecule has 0 amide bonds. The third kappa shape index (κ3) is 1.70. The van der Waals surface area contributed by atoms with E-state index in [0.717, 1.165) is 12.1 Å². The summed E-state index contributed by atoms with van der Waals surface area (Å²) in [6.07, 6.45) is 5.14. The van der Waals surface area contributed by atoms with Crippen LogP contribution in [0.4, 0.5) is 0 Å². The molecule has 0 bridgehead atoms. The van der Waals surface area contributed by atoms with Crippen LogP contribution in [0.2, 0.25) is 0 Å². The highest BCUT2D eigenvalue weighted by atomic mass is 14.9. The van der Waals surface area contributed by atoms with Gasteiger partial charge in [0.2, 0.25) is 0 Å². The molecule has 3 heterocycles. The average molecular weight is 356 g/mol. The van der Waals surface area contributed by atoms with Gasteiger partial charge >= 0.3 is 0 Å². The van der Waals surface area contributed by atoms with Gasteiger partial charge in [-0.2, -0.15) is 0 Å². The minimum atomic E-state index is 0.923. The molecule has 0 saturated carbocycles. The Morgan fingerprint density at radius 2 is 1.57 bits per heavy atom. The molecule has 0 spiro atoms. The molecule has 0 N–H and O–H groups in total. The zero-order valence-corrected chi connectivity index (χ0v) is 15.2. The maximum absolute atomic E-state index is 4.58. The Morgan fingerprint density at radius 1 is 0.750 bits per heavy atom. The fourth-order valence-electron chi connectivity index (χ4n) is 4.98. The third-order valence-electron chi connectivity index (χ3n) is 6.20. The van der Waals surface area contributed by atoms with Crippen molar-refractivity contribution in [3.8, 4) is 0 Å². The van der Waals surface area contributed by atoms with E-state index in [4.69, 9.17) is 0 Å². The number of hydrogen-bond acceptors (Lipinski definition) is 1. The van der Waals surface area contributed by atoms with Crippen LogP contribution >= 0.6 is 0 Å². The summed E-state index contributed by atoms with van der Waals surface area (Å²) in [6, 6.07) is 26.2. The van der Waals surface area contributed by atoms with Crippen LogP contribution in [0.1, 0.15) is 17.0 Å². The quantitative estimate of drug-likeness (QED) is 0.336. The Hall–Kier alpha value is -3.65. The lowest BCUT2D eigenvalue weighted by Gasteiger charge is -2.04. The van der Waals surface area contributed by atoms with Crippen LogP contribution in [0.15, 0.2) is 79.0 Å². The minimum Gasteiger partial charge on any atom is -0.311 e. The molecule has 1 aliphatic carbocycles. The van der Waals surface area contributed by atoms with E-state index in [9.17, 15) is 0 Å². The molecule has 2 nitrogen and oxygen atoms in total. The van der Waals surface area contributed by atoms with Crippen molar-refractivity contribution in [1.29, 1.82) is 0 Å². The fraction of sp³-hybridized carbons (Fsp3) is 0.0385. The van der Waals surface area contributed by atoms with E-state index in [1.165, 1.54) is 54.8 Å². The monoisotopic (exact) mass is 356 g/mol. The predicted molar refractivity (Wildman–Crippen MR) is 117 cm³/mol. The molecule has 0 aliphatic heterocycles. The highest BCUT2D eigenvalue weighted by Crippen LogP contribution is 2.43. The van der Waals surface area contributed by atoms with Gasteiger partial charge in [0.05, 0.1) is 16.7 Å². The zero-order chi connectivity index (χ0) is 18.2. The van der Waals surface area contributed by atoms with Crippen molar-refractivity contribution in [1.82, 2.24) is 9.38 Å². The number of pyridine rings is 1. The lowest BCUT2D eigenvalue weighted by atomic mass is 10.0. The highest BCUT2D eigenvalue weighted by molar-refractivity contribution is 6.20. The summed E-state index contributed by atoms with van der Waals surface area (Å²) < 4.78 is 2.49. The molecule has 28 heavy (non-hydrogen) atoms. The van der Waals surface area contributed by atoms with Crippen molar-refractivity contribution in [2.75, 3.05) is 0 Å². The Bertz CT molecular complexity index is 1570. The van der Waals surface area contributed by atoms with Crippen molar-refractivity contribution in [2.45, 2.75) is 6.42 Å². The molecule has 3 aromatic heterocycles. The second-order valence-electron chi connectivity index (χ2n) is 7.68. The molecule has 6 aromatic rings. The number of hydrogen-bond donors (Lipinski definition) is 0. The van der Waals surface area contributed by atoms with Crippen molar-refractivity contribution < 1.29 is 0 Å². The molecule has 0 unspecified atom stereocenters. The Kier molecular flexibility index (Phi) is 2.57. The maximum atomic E-state index is 4.58. The van der Waals surface area contributed by atoms with Gasteiger partial charge in [-0.05, 0) is 46.7 Å². The number of rotatable bonds is 1. The third-order valence-corrected chi connectivity index (χ3v) is 6.20. The van der Waals surface area contributed by atoms with Gasteiger partial charge in [-0.3, -0.25) is 4.98 Å². The van der Waals surface area contributed by atoms with Crippen LogP contribution in [0.5, 0.6) is 0 Å². The van der Waals surface area contributed by atoms with Crippen LogP contribution in [0, 0.1) is 0 Å². The van der Waals surface area contributed by atoms with Gasteiger partial charge in [0.15, 0.2) is 0 Å². The van der Waals surface area contributed by atoms with Crippen molar-refractivity contribution in [2.24, 2.45) is 0 Å². The SMILES string of the molecule is C1=C(c2ccccn2)Cc2c1c1cccc3c4cc5ccccc5cc4n2c13. The normalized spacial score (nSPS) is 13.8. The molecule has 0 saturated heterocycles. The van der Waals surface area contributed by atoms with Crippen molar-refractivity contribution in [3.63, 3.8) is 0 Å². The van der Waals surface area contributed by atoms with Gasteiger partial charge in [-0.15, -0.1) is 0 Å². The molecule has 1 aliphatic rings. The Balaban J connectivity index is 1.61. The maximum Gasteiger partial charge on any atom is 0.0665 e. The van der Waals surface area contributed by atoms with Crippen LogP contribution in [0.25, 0.3) is 49.6 Å². The topological polar surface area (TPSA) is 17.3 Å². The second kappa shape index (κ2) is 4.99. The standard InChI is InChI=1S/C26H16N2/c1-2-7-17-14-24-21(12-16(17)6-1)19-8-5-9-20-22-13-18(23-10-3-4-11-27-23)15-25(22)28(24)26(19)20/h1-14H,15H2. The summed E-state index contributed by atoms with van der Waals surface area (Å²) in [6.45, 7) is 0. The van der Waals surface area contributed by atoms with Gasteiger partial charge in [0, 0.05) is 40.0 Å². The fourth-order valence-corrected chi connectivity index (χ4v) is 4.98. The summed E-state index contributed by atoms with van der Waals surface area (Å²) in [7, 11) is 0. The van der Waals surface area contributed by atoms with E-state index < -0.39 is 0 Å². The average Bonchev–Trinajstić information content (AvgIpc) is 3.40. The van der Waals surface area contributed by atoms with Crippen LogP contribution in [0.3, 0.4) is 0 Å². The number of para-hydroxylation sites is 1. The summed E-state index contributed by atoms with van der Waals surface area (Å²) in [5.74, 6) is 0. The first-order valence-electron chi connectivity index (χ1n) is 9.70. The number of allylic oxidation sites excluding steroid dienone is 1. The molecule has 130 valence electrons.